The lowest BCUT2D eigenvalue weighted by Gasteiger charge is -2.18. The van der Waals surface area contributed by atoms with Crippen LogP contribution in [0.1, 0.15) is 25.0 Å². The summed E-state index contributed by atoms with van der Waals surface area (Å²) in [4.78, 5) is 14.8. The topological polar surface area (TPSA) is 32.3 Å². The van der Waals surface area contributed by atoms with Crippen molar-refractivity contribution in [3.63, 3.8) is 0 Å². The molecule has 4 heteroatoms. The van der Waals surface area contributed by atoms with Gasteiger partial charge < -0.3 is 10.2 Å². The maximum absolute atomic E-state index is 13.3. The van der Waals surface area contributed by atoms with Gasteiger partial charge in [-0.3, -0.25) is 4.79 Å². The summed E-state index contributed by atoms with van der Waals surface area (Å²) in [5.41, 5.74) is 4.21. The molecule has 0 spiro atoms. The zero-order valence-corrected chi connectivity index (χ0v) is 14.2. The number of amides is 1. The van der Waals surface area contributed by atoms with Gasteiger partial charge >= 0.3 is 0 Å². The van der Waals surface area contributed by atoms with Crippen LogP contribution >= 0.6 is 0 Å². The van der Waals surface area contributed by atoms with Gasteiger partial charge in [0.25, 0.3) is 0 Å². The summed E-state index contributed by atoms with van der Waals surface area (Å²) in [6.45, 7) is 6.02. The van der Waals surface area contributed by atoms with Crippen LogP contribution in [0.4, 0.5) is 15.8 Å². The quantitative estimate of drug-likeness (QED) is 0.900. The summed E-state index contributed by atoms with van der Waals surface area (Å²) in [6, 6.07) is 12.5. The number of halogens is 1. The Kier molecular flexibility index (Phi) is 4.84. The number of hydrogen-bond acceptors (Lipinski definition) is 2. The first-order valence-electron chi connectivity index (χ1n) is 8.50. The molecule has 1 unspecified atom stereocenters. The molecular formula is C20H23FN2O. The van der Waals surface area contributed by atoms with Crippen molar-refractivity contribution < 1.29 is 9.18 Å². The van der Waals surface area contributed by atoms with Gasteiger partial charge in [-0.25, -0.2) is 4.39 Å². The van der Waals surface area contributed by atoms with Crippen molar-refractivity contribution in [1.82, 2.24) is 0 Å². The van der Waals surface area contributed by atoms with Crippen LogP contribution in [0.5, 0.6) is 0 Å². The number of carbonyl (C=O) groups is 1. The van der Waals surface area contributed by atoms with Crippen molar-refractivity contribution in [2.24, 2.45) is 5.92 Å². The predicted molar refractivity (Wildman–Crippen MR) is 95.9 cm³/mol. The summed E-state index contributed by atoms with van der Waals surface area (Å²) in [5.74, 6) is -0.527. The summed E-state index contributed by atoms with van der Waals surface area (Å²) in [5, 5.41) is 2.99. The first-order chi connectivity index (χ1) is 11.6. The monoisotopic (exact) mass is 326 g/mol. The average molecular weight is 326 g/mol. The third-order valence-corrected chi connectivity index (χ3v) is 4.60. The Morgan fingerprint density at radius 1 is 1.29 bits per heavy atom. The van der Waals surface area contributed by atoms with Crippen LogP contribution in [0.3, 0.4) is 0 Å². The van der Waals surface area contributed by atoms with E-state index in [1.54, 1.807) is 6.07 Å². The standard InChI is InChI=1S/C20H23FN2O/c1-3-23-10-9-16-7-8-18(13-19(16)23)22-20(24)14(2)11-15-5-4-6-17(21)12-15/h4-8,12-14H,3,9-11H2,1-2H3,(H,22,24). The van der Waals surface area contributed by atoms with E-state index in [4.69, 9.17) is 0 Å². The van der Waals surface area contributed by atoms with Gasteiger partial charge in [0.05, 0.1) is 0 Å². The first kappa shape index (κ1) is 16.5. The molecule has 24 heavy (non-hydrogen) atoms. The summed E-state index contributed by atoms with van der Waals surface area (Å²) in [7, 11) is 0. The minimum absolute atomic E-state index is 0.0414. The van der Waals surface area contributed by atoms with Gasteiger partial charge in [-0.2, -0.15) is 0 Å². The van der Waals surface area contributed by atoms with Gasteiger partial charge in [0.2, 0.25) is 5.91 Å². The van der Waals surface area contributed by atoms with Crippen molar-refractivity contribution in [3.05, 3.63) is 59.4 Å². The molecule has 1 aliphatic heterocycles. The van der Waals surface area contributed by atoms with E-state index in [0.717, 1.165) is 30.8 Å². The Morgan fingerprint density at radius 2 is 2.12 bits per heavy atom. The fourth-order valence-electron chi connectivity index (χ4n) is 3.23. The molecule has 2 aromatic rings. The number of anilines is 2. The van der Waals surface area contributed by atoms with Crippen molar-refractivity contribution >= 4 is 17.3 Å². The highest BCUT2D eigenvalue weighted by Crippen LogP contribution is 2.30. The van der Waals surface area contributed by atoms with Crippen molar-refractivity contribution in [2.45, 2.75) is 26.7 Å². The van der Waals surface area contributed by atoms with E-state index < -0.39 is 0 Å². The average Bonchev–Trinajstić information content (AvgIpc) is 2.97. The van der Waals surface area contributed by atoms with Gasteiger partial charge in [-0.05, 0) is 55.2 Å². The maximum atomic E-state index is 13.3. The van der Waals surface area contributed by atoms with E-state index in [2.05, 4.69) is 29.3 Å². The van der Waals surface area contributed by atoms with Crippen molar-refractivity contribution in [3.8, 4) is 0 Å². The molecule has 0 saturated heterocycles. The molecule has 0 aliphatic carbocycles. The number of nitrogens with zero attached hydrogens (tertiary/aromatic N) is 1. The highest BCUT2D eigenvalue weighted by molar-refractivity contribution is 5.93. The molecule has 0 aromatic heterocycles. The fraction of sp³-hybridized carbons (Fsp3) is 0.350. The SMILES string of the molecule is CCN1CCc2ccc(NC(=O)C(C)Cc3cccc(F)c3)cc21. The minimum Gasteiger partial charge on any atom is -0.371 e. The molecule has 1 aliphatic rings. The Bertz CT molecular complexity index is 744. The lowest BCUT2D eigenvalue weighted by molar-refractivity contribution is -0.119. The van der Waals surface area contributed by atoms with E-state index in [9.17, 15) is 9.18 Å². The Labute approximate surface area is 142 Å². The van der Waals surface area contributed by atoms with Crippen molar-refractivity contribution in [2.75, 3.05) is 23.3 Å². The van der Waals surface area contributed by atoms with Crippen LogP contribution in [0, 0.1) is 11.7 Å². The molecule has 1 N–H and O–H groups in total. The maximum Gasteiger partial charge on any atom is 0.227 e. The molecule has 1 amide bonds. The molecule has 1 heterocycles. The first-order valence-corrected chi connectivity index (χ1v) is 8.50. The molecule has 3 rings (SSSR count). The smallest absolute Gasteiger partial charge is 0.227 e. The normalized spacial score (nSPS) is 14.4. The van der Waals surface area contributed by atoms with E-state index in [1.807, 2.05) is 19.1 Å². The Hall–Kier alpha value is -2.36. The minimum atomic E-state index is -0.265. The van der Waals surface area contributed by atoms with Crippen LogP contribution in [-0.2, 0) is 17.6 Å². The third-order valence-electron chi connectivity index (χ3n) is 4.60. The van der Waals surface area contributed by atoms with Crippen LogP contribution in [0.2, 0.25) is 0 Å². The number of hydrogen-bond donors (Lipinski definition) is 1. The fourth-order valence-corrected chi connectivity index (χ4v) is 3.23. The van der Waals surface area contributed by atoms with Crippen LogP contribution in [-0.4, -0.2) is 19.0 Å². The summed E-state index contributed by atoms with van der Waals surface area (Å²) in [6.07, 6.45) is 1.59. The van der Waals surface area contributed by atoms with E-state index in [0.29, 0.717) is 6.42 Å². The van der Waals surface area contributed by atoms with Crippen LogP contribution in [0.25, 0.3) is 0 Å². The lowest BCUT2D eigenvalue weighted by Crippen LogP contribution is -2.23. The largest absolute Gasteiger partial charge is 0.371 e. The lowest BCUT2D eigenvalue weighted by atomic mass is 10.00. The van der Waals surface area contributed by atoms with Gasteiger partial charge in [0.15, 0.2) is 0 Å². The van der Waals surface area contributed by atoms with E-state index >= 15 is 0 Å². The highest BCUT2D eigenvalue weighted by atomic mass is 19.1. The zero-order valence-electron chi connectivity index (χ0n) is 14.2. The molecular weight excluding hydrogens is 303 g/mol. The molecule has 2 aromatic carbocycles. The van der Waals surface area contributed by atoms with Gasteiger partial charge in [0, 0.05) is 30.4 Å². The summed E-state index contributed by atoms with van der Waals surface area (Å²) >= 11 is 0. The number of carbonyl (C=O) groups excluding carboxylic acids is 1. The third kappa shape index (κ3) is 3.58. The van der Waals surface area contributed by atoms with Crippen LogP contribution in [0.15, 0.2) is 42.5 Å². The number of rotatable bonds is 5. The number of benzene rings is 2. The van der Waals surface area contributed by atoms with Gasteiger partial charge in [0.1, 0.15) is 5.82 Å². The number of likely N-dealkylation sites (N-methyl/N-ethyl adjacent to an activating group) is 1. The molecule has 0 saturated carbocycles. The molecule has 3 nitrogen and oxygen atoms in total. The number of fused-ring (bicyclic) bond motifs is 1. The molecule has 0 bridgehead atoms. The molecule has 1 atom stereocenters. The second-order valence-corrected chi connectivity index (χ2v) is 6.40. The number of nitrogens with one attached hydrogen (secondary N) is 1. The Balaban J connectivity index is 1.66. The predicted octanol–water partition coefficient (Wildman–Crippen LogP) is 4.03. The van der Waals surface area contributed by atoms with Crippen molar-refractivity contribution in [1.29, 1.82) is 0 Å². The molecule has 0 radical (unpaired) electrons. The molecule has 126 valence electrons. The highest BCUT2D eigenvalue weighted by Gasteiger charge is 2.19. The second-order valence-electron chi connectivity index (χ2n) is 6.40. The van der Waals surface area contributed by atoms with Gasteiger partial charge in [-0.1, -0.05) is 25.1 Å². The summed E-state index contributed by atoms with van der Waals surface area (Å²) < 4.78 is 13.3. The van der Waals surface area contributed by atoms with Crippen LogP contribution < -0.4 is 10.2 Å². The van der Waals surface area contributed by atoms with Gasteiger partial charge in [-0.15, -0.1) is 0 Å². The second kappa shape index (κ2) is 7.04. The Morgan fingerprint density at radius 3 is 2.88 bits per heavy atom. The van der Waals surface area contributed by atoms with E-state index in [1.165, 1.54) is 23.4 Å². The molecule has 0 fully saturated rings. The zero-order chi connectivity index (χ0) is 17.1. The van der Waals surface area contributed by atoms with E-state index in [-0.39, 0.29) is 17.6 Å².